The van der Waals surface area contributed by atoms with Crippen molar-refractivity contribution in [3.63, 3.8) is 0 Å². The van der Waals surface area contributed by atoms with Crippen molar-refractivity contribution in [3.05, 3.63) is 0 Å². The number of carbonyl (C=O) groups excluding carboxylic acids is 2. The van der Waals surface area contributed by atoms with E-state index in [1.165, 1.54) is 0 Å². The second-order valence-electron chi connectivity index (χ2n) is 1.24. The van der Waals surface area contributed by atoms with E-state index in [2.05, 4.69) is 0 Å². The summed E-state index contributed by atoms with van der Waals surface area (Å²) in [5, 5.41) is 19.0. The van der Waals surface area contributed by atoms with Crippen LogP contribution in [-0.4, -0.2) is 11.9 Å². The quantitative estimate of drug-likeness (QED) is 0.380. The van der Waals surface area contributed by atoms with Crippen molar-refractivity contribution in [2.24, 2.45) is 0 Å². The zero-order valence-corrected chi connectivity index (χ0v) is 8.17. The maximum atomic E-state index is 9.50. The number of rotatable bonds is 3. The standard InChI is InChI=1S/C4H6O4.K/c5-3(6)1-2-4(7)8;/h1-2H2,(H,5,6)(H,7,8);/q;+1/p-2. The van der Waals surface area contributed by atoms with Gasteiger partial charge in [-0.2, -0.15) is 0 Å². The number of carboxylic acids is 2. The zero-order chi connectivity index (χ0) is 6.57. The van der Waals surface area contributed by atoms with Gasteiger partial charge in [0.1, 0.15) is 0 Å². The minimum Gasteiger partial charge on any atom is -0.550 e. The molecule has 0 heterocycles. The Morgan fingerprint density at radius 1 is 1.00 bits per heavy atom. The van der Waals surface area contributed by atoms with Gasteiger partial charge in [-0.25, -0.2) is 0 Å². The molecule has 0 fully saturated rings. The third-order valence-corrected chi connectivity index (χ3v) is 0.533. The molecule has 46 valence electrons. The van der Waals surface area contributed by atoms with Crippen molar-refractivity contribution in [1.29, 1.82) is 0 Å². The molecule has 0 amide bonds. The van der Waals surface area contributed by atoms with Crippen molar-refractivity contribution in [3.8, 4) is 0 Å². The Morgan fingerprint density at radius 3 is 1.33 bits per heavy atom. The molecule has 4 nitrogen and oxygen atoms in total. The Labute approximate surface area is 94.7 Å². The van der Waals surface area contributed by atoms with Gasteiger partial charge in [-0.3, -0.25) is 0 Å². The summed E-state index contributed by atoms with van der Waals surface area (Å²) in [5.41, 5.74) is 0. The smallest absolute Gasteiger partial charge is 0.550 e. The third-order valence-electron chi connectivity index (χ3n) is 0.533. The summed E-state index contributed by atoms with van der Waals surface area (Å²) >= 11 is 0. The molecule has 0 aliphatic carbocycles. The molecular weight excluding hydrogens is 151 g/mol. The van der Waals surface area contributed by atoms with E-state index in [1.54, 1.807) is 0 Å². The first-order chi connectivity index (χ1) is 3.63. The van der Waals surface area contributed by atoms with Gasteiger partial charge in [-0.1, -0.05) is 0 Å². The van der Waals surface area contributed by atoms with Crippen LogP contribution in [0.15, 0.2) is 0 Å². The molecule has 0 aromatic rings. The minimum atomic E-state index is -1.37. The average molecular weight is 155 g/mol. The Kier molecular flexibility index (Phi) is 9.13. The maximum Gasteiger partial charge on any atom is 1.00 e. The third kappa shape index (κ3) is 11.9. The Morgan fingerprint density at radius 2 is 1.22 bits per heavy atom. The molecule has 0 N–H and O–H groups in total. The summed E-state index contributed by atoms with van der Waals surface area (Å²) in [6.07, 6.45) is -0.940. The second-order valence-corrected chi connectivity index (χ2v) is 1.24. The maximum absolute atomic E-state index is 9.50. The van der Waals surface area contributed by atoms with Gasteiger partial charge < -0.3 is 19.8 Å². The Hall–Kier alpha value is 0.576. The number of hydrogen-bond donors (Lipinski definition) is 0. The SMILES string of the molecule is O=C([O-])CCC(=O)[O-].[K+]. The number of carbonyl (C=O) groups is 2. The van der Waals surface area contributed by atoms with E-state index < -0.39 is 24.8 Å². The zero-order valence-electron chi connectivity index (χ0n) is 5.05. The van der Waals surface area contributed by atoms with Gasteiger partial charge in [-0.15, -0.1) is 0 Å². The molecular formula is C4H4KO4-. The van der Waals surface area contributed by atoms with Crippen LogP contribution in [0, 0.1) is 0 Å². The van der Waals surface area contributed by atoms with E-state index >= 15 is 0 Å². The van der Waals surface area contributed by atoms with Crippen LogP contribution < -0.4 is 61.6 Å². The molecule has 0 aromatic heterocycles. The van der Waals surface area contributed by atoms with E-state index in [-0.39, 0.29) is 51.4 Å². The summed E-state index contributed by atoms with van der Waals surface area (Å²) in [6.45, 7) is 0. The first-order valence-electron chi connectivity index (χ1n) is 2.02. The van der Waals surface area contributed by atoms with Crippen LogP contribution in [0.25, 0.3) is 0 Å². The number of hydrogen-bond acceptors (Lipinski definition) is 4. The molecule has 0 radical (unpaired) electrons. The van der Waals surface area contributed by atoms with E-state index in [0.29, 0.717) is 0 Å². The van der Waals surface area contributed by atoms with Gasteiger partial charge in [0.25, 0.3) is 0 Å². The average Bonchev–Trinajstić information content (AvgIpc) is 1.61. The van der Waals surface area contributed by atoms with Crippen LogP contribution in [0.2, 0.25) is 0 Å². The molecule has 0 aromatic carbocycles. The number of carboxylic acid groups (broad SMARTS) is 2. The van der Waals surface area contributed by atoms with Gasteiger partial charge >= 0.3 is 51.4 Å². The molecule has 0 rings (SSSR count). The van der Waals surface area contributed by atoms with E-state index in [0.717, 1.165) is 0 Å². The Bertz CT molecular complexity index is 97.1. The molecule has 0 bridgehead atoms. The van der Waals surface area contributed by atoms with Gasteiger partial charge in [0.05, 0.1) is 0 Å². The molecule has 0 atom stereocenters. The van der Waals surface area contributed by atoms with Gasteiger partial charge in [0.2, 0.25) is 0 Å². The van der Waals surface area contributed by atoms with Crippen LogP contribution in [0.3, 0.4) is 0 Å². The molecule has 9 heavy (non-hydrogen) atoms. The first kappa shape index (κ1) is 12.3. The normalized spacial score (nSPS) is 7.56. The van der Waals surface area contributed by atoms with Crippen molar-refractivity contribution in [2.45, 2.75) is 12.8 Å². The van der Waals surface area contributed by atoms with Gasteiger partial charge in [0, 0.05) is 11.9 Å². The summed E-state index contributed by atoms with van der Waals surface area (Å²) in [7, 11) is 0. The topological polar surface area (TPSA) is 80.3 Å². The largest absolute Gasteiger partial charge is 1.00 e. The fourth-order valence-corrected chi connectivity index (χ4v) is 0.204. The van der Waals surface area contributed by atoms with Gasteiger partial charge in [0.15, 0.2) is 0 Å². The Balaban J connectivity index is 0. The fraction of sp³-hybridized carbons (Fsp3) is 0.500. The number of aliphatic carboxylic acids is 2. The molecule has 0 unspecified atom stereocenters. The summed E-state index contributed by atoms with van der Waals surface area (Å²) < 4.78 is 0. The molecule has 5 heteroatoms. The predicted molar refractivity (Wildman–Crippen MR) is 19.2 cm³/mol. The summed E-state index contributed by atoms with van der Waals surface area (Å²) in [6, 6.07) is 0. The molecule has 0 aliphatic heterocycles. The molecule has 0 saturated carbocycles. The van der Waals surface area contributed by atoms with E-state index in [1.807, 2.05) is 0 Å². The van der Waals surface area contributed by atoms with Crippen LogP contribution in [0.5, 0.6) is 0 Å². The van der Waals surface area contributed by atoms with Gasteiger partial charge in [-0.05, 0) is 12.8 Å². The van der Waals surface area contributed by atoms with Crippen molar-refractivity contribution in [2.75, 3.05) is 0 Å². The van der Waals surface area contributed by atoms with Crippen LogP contribution in [0.4, 0.5) is 0 Å². The summed E-state index contributed by atoms with van der Waals surface area (Å²) in [4.78, 5) is 19.0. The minimum absolute atomic E-state index is 0. The van der Waals surface area contributed by atoms with Crippen molar-refractivity contribution >= 4 is 11.9 Å². The van der Waals surface area contributed by atoms with Crippen molar-refractivity contribution in [1.82, 2.24) is 0 Å². The second kappa shape index (κ2) is 6.69. The first-order valence-corrected chi connectivity index (χ1v) is 2.02. The van der Waals surface area contributed by atoms with E-state index in [4.69, 9.17) is 0 Å². The molecule has 0 aliphatic rings. The monoisotopic (exact) mass is 155 g/mol. The summed E-state index contributed by atoms with van der Waals surface area (Å²) in [5.74, 6) is -2.73. The van der Waals surface area contributed by atoms with Crippen LogP contribution in [0.1, 0.15) is 12.8 Å². The molecule has 0 saturated heterocycles. The van der Waals surface area contributed by atoms with Crippen molar-refractivity contribution < 1.29 is 71.2 Å². The van der Waals surface area contributed by atoms with Crippen LogP contribution >= 0.6 is 0 Å². The van der Waals surface area contributed by atoms with E-state index in [9.17, 15) is 19.8 Å². The molecule has 0 spiro atoms. The van der Waals surface area contributed by atoms with Crippen LogP contribution in [-0.2, 0) is 9.59 Å². The predicted octanol–water partition coefficient (Wildman–Crippen LogP) is -5.73. The fourth-order valence-electron chi connectivity index (χ4n) is 0.204.